The summed E-state index contributed by atoms with van der Waals surface area (Å²) in [6.07, 6.45) is 1.84. The number of likely N-dealkylation sites (tertiary alicyclic amines) is 1. The second-order valence-electron chi connectivity index (χ2n) is 8.19. The fourth-order valence-corrected chi connectivity index (χ4v) is 3.92. The van der Waals surface area contributed by atoms with E-state index in [-0.39, 0.29) is 30.2 Å². The van der Waals surface area contributed by atoms with Crippen molar-refractivity contribution < 1.29 is 14.4 Å². The van der Waals surface area contributed by atoms with Gasteiger partial charge in [-0.25, -0.2) is 0 Å². The van der Waals surface area contributed by atoms with Gasteiger partial charge < -0.3 is 21.3 Å². The molecule has 160 valence electrons. The number of fused-ring (bicyclic) bond motifs is 1. The lowest BCUT2D eigenvalue weighted by atomic mass is 10.0. The molecule has 0 saturated carbocycles. The van der Waals surface area contributed by atoms with Gasteiger partial charge in [-0.1, -0.05) is 44.2 Å². The van der Waals surface area contributed by atoms with Gasteiger partial charge in [-0.3, -0.25) is 14.4 Å². The van der Waals surface area contributed by atoms with Crippen LogP contribution < -0.4 is 16.4 Å². The van der Waals surface area contributed by atoms with Crippen molar-refractivity contribution in [1.29, 1.82) is 0 Å². The zero-order valence-corrected chi connectivity index (χ0v) is 17.6. The van der Waals surface area contributed by atoms with Gasteiger partial charge in [-0.15, -0.1) is 0 Å². The highest BCUT2D eigenvalue weighted by Gasteiger charge is 2.35. The van der Waals surface area contributed by atoms with Crippen LogP contribution in [0.1, 0.15) is 33.1 Å². The monoisotopic (exact) mass is 410 g/mol. The molecule has 2 aromatic rings. The summed E-state index contributed by atoms with van der Waals surface area (Å²) >= 11 is 0. The predicted molar refractivity (Wildman–Crippen MR) is 118 cm³/mol. The van der Waals surface area contributed by atoms with E-state index in [2.05, 4.69) is 10.6 Å². The summed E-state index contributed by atoms with van der Waals surface area (Å²) in [5, 5.41) is 7.92. The van der Waals surface area contributed by atoms with E-state index in [0.717, 1.165) is 17.2 Å². The highest BCUT2D eigenvalue weighted by molar-refractivity contribution is 6.00. The van der Waals surface area contributed by atoms with E-state index in [0.29, 0.717) is 25.1 Å². The highest BCUT2D eigenvalue weighted by atomic mass is 16.2. The summed E-state index contributed by atoms with van der Waals surface area (Å²) < 4.78 is 0. The molecule has 1 fully saturated rings. The molecular formula is C23H30N4O3. The van der Waals surface area contributed by atoms with Crippen LogP contribution in [0.3, 0.4) is 0 Å². The minimum Gasteiger partial charge on any atom is -0.342 e. The second kappa shape index (κ2) is 9.71. The molecule has 4 N–H and O–H groups in total. The van der Waals surface area contributed by atoms with E-state index < -0.39 is 12.1 Å². The Morgan fingerprint density at radius 1 is 1.13 bits per heavy atom. The number of hydrogen-bond acceptors (Lipinski definition) is 4. The van der Waals surface area contributed by atoms with Crippen molar-refractivity contribution in [3.05, 3.63) is 42.5 Å². The predicted octanol–water partition coefficient (Wildman–Crippen LogP) is 2.26. The van der Waals surface area contributed by atoms with Crippen LogP contribution in [-0.4, -0.2) is 47.8 Å². The van der Waals surface area contributed by atoms with Gasteiger partial charge in [-0.2, -0.15) is 0 Å². The molecule has 30 heavy (non-hydrogen) atoms. The number of amides is 3. The Kier molecular flexibility index (Phi) is 7.05. The number of carbonyl (C=O) groups is 3. The van der Waals surface area contributed by atoms with Crippen LogP contribution >= 0.6 is 0 Å². The van der Waals surface area contributed by atoms with E-state index in [1.165, 1.54) is 4.90 Å². The first-order chi connectivity index (χ1) is 14.4. The lowest BCUT2D eigenvalue weighted by Gasteiger charge is -2.26. The maximum Gasteiger partial charge on any atom is 0.246 e. The van der Waals surface area contributed by atoms with Crippen LogP contribution in [0, 0.1) is 5.92 Å². The number of rotatable bonds is 7. The fraction of sp³-hybridized carbons (Fsp3) is 0.435. The first-order valence-electron chi connectivity index (χ1n) is 10.5. The summed E-state index contributed by atoms with van der Waals surface area (Å²) in [5.74, 6) is -0.590. The molecule has 0 radical (unpaired) electrons. The normalized spacial score (nSPS) is 17.2. The third-order valence-electron chi connectivity index (χ3n) is 5.41. The van der Waals surface area contributed by atoms with Gasteiger partial charge in [0.1, 0.15) is 12.1 Å². The maximum absolute atomic E-state index is 13.0. The molecule has 1 heterocycles. The van der Waals surface area contributed by atoms with Crippen LogP contribution in [0.15, 0.2) is 42.5 Å². The number of carbonyl (C=O) groups excluding carboxylic acids is 3. The van der Waals surface area contributed by atoms with Gasteiger partial charge in [-0.05, 0) is 48.1 Å². The SMILES string of the molecule is CC(C)C[C@H](NC(=O)[C@@H]1CCCN1C(=O)CN)C(=O)Nc1ccc2ccccc2c1. The number of nitrogens with one attached hydrogen (secondary N) is 2. The summed E-state index contributed by atoms with van der Waals surface area (Å²) in [5.41, 5.74) is 6.15. The zero-order chi connectivity index (χ0) is 21.7. The summed E-state index contributed by atoms with van der Waals surface area (Å²) in [6.45, 7) is 4.40. The Balaban J connectivity index is 1.71. The number of benzene rings is 2. The molecule has 3 rings (SSSR count). The van der Waals surface area contributed by atoms with Gasteiger partial charge in [0.2, 0.25) is 17.7 Å². The van der Waals surface area contributed by atoms with E-state index in [9.17, 15) is 14.4 Å². The van der Waals surface area contributed by atoms with Crippen molar-refractivity contribution in [2.45, 2.75) is 45.2 Å². The van der Waals surface area contributed by atoms with Crippen molar-refractivity contribution in [2.24, 2.45) is 11.7 Å². The third-order valence-corrected chi connectivity index (χ3v) is 5.41. The Morgan fingerprint density at radius 2 is 1.87 bits per heavy atom. The van der Waals surface area contributed by atoms with Crippen LogP contribution in [0.2, 0.25) is 0 Å². The average molecular weight is 411 g/mol. The van der Waals surface area contributed by atoms with Gasteiger partial charge in [0.25, 0.3) is 0 Å². The van der Waals surface area contributed by atoms with Crippen LogP contribution in [0.25, 0.3) is 10.8 Å². The van der Waals surface area contributed by atoms with Gasteiger partial charge in [0, 0.05) is 12.2 Å². The Hall–Kier alpha value is -2.93. The first kappa shape index (κ1) is 21.8. The fourth-order valence-electron chi connectivity index (χ4n) is 3.92. The highest BCUT2D eigenvalue weighted by Crippen LogP contribution is 2.21. The Morgan fingerprint density at radius 3 is 2.57 bits per heavy atom. The molecule has 7 heteroatoms. The van der Waals surface area contributed by atoms with E-state index in [1.807, 2.05) is 56.3 Å². The zero-order valence-electron chi connectivity index (χ0n) is 17.6. The molecule has 0 bridgehead atoms. The molecule has 2 aromatic carbocycles. The summed E-state index contributed by atoms with van der Waals surface area (Å²) in [4.78, 5) is 39.4. The number of nitrogens with two attached hydrogens (primary N) is 1. The number of nitrogens with zero attached hydrogens (tertiary/aromatic N) is 1. The van der Waals surface area contributed by atoms with Crippen molar-refractivity contribution in [2.75, 3.05) is 18.4 Å². The maximum atomic E-state index is 13.0. The minimum absolute atomic E-state index is 0.123. The molecule has 7 nitrogen and oxygen atoms in total. The van der Waals surface area contributed by atoms with Gasteiger partial charge in [0.05, 0.1) is 6.54 Å². The molecule has 0 spiro atoms. The van der Waals surface area contributed by atoms with Crippen LogP contribution in [0.5, 0.6) is 0 Å². The third kappa shape index (κ3) is 5.16. The van der Waals surface area contributed by atoms with E-state index in [4.69, 9.17) is 5.73 Å². The number of anilines is 1. The van der Waals surface area contributed by atoms with Crippen molar-refractivity contribution in [1.82, 2.24) is 10.2 Å². The van der Waals surface area contributed by atoms with Gasteiger partial charge in [0.15, 0.2) is 0 Å². The summed E-state index contributed by atoms with van der Waals surface area (Å²) in [6, 6.07) is 12.4. The lowest BCUT2D eigenvalue weighted by Crippen LogP contribution is -2.53. The first-order valence-corrected chi connectivity index (χ1v) is 10.5. The molecule has 2 atom stereocenters. The van der Waals surface area contributed by atoms with Crippen molar-refractivity contribution in [3.63, 3.8) is 0 Å². The van der Waals surface area contributed by atoms with Crippen molar-refractivity contribution >= 4 is 34.2 Å². The largest absolute Gasteiger partial charge is 0.342 e. The lowest BCUT2D eigenvalue weighted by molar-refractivity contribution is -0.138. The molecular weight excluding hydrogens is 380 g/mol. The van der Waals surface area contributed by atoms with E-state index >= 15 is 0 Å². The molecule has 1 saturated heterocycles. The van der Waals surface area contributed by atoms with Crippen LogP contribution in [-0.2, 0) is 14.4 Å². The number of hydrogen-bond donors (Lipinski definition) is 3. The Bertz CT molecular complexity index is 928. The van der Waals surface area contributed by atoms with Gasteiger partial charge >= 0.3 is 0 Å². The second-order valence-corrected chi connectivity index (χ2v) is 8.19. The molecule has 3 amide bonds. The molecule has 1 aliphatic rings. The Labute approximate surface area is 177 Å². The molecule has 1 aliphatic heterocycles. The standard InChI is InChI=1S/C23H30N4O3/c1-15(2)12-19(26-23(30)20-8-5-11-27(20)21(28)14-24)22(29)25-18-10-9-16-6-3-4-7-17(16)13-18/h3-4,6-7,9-10,13,15,19-20H,5,8,11-12,14,24H2,1-2H3,(H,25,29)(H,26,30)/t19-,20-/m0/s1. The summed E-state index contributed by atoms with van der Waals surface area (Å²) in [7, 11) is 0. The van der Waals surface area contributed by atoms with E-state index in [1.54, 1.807) is 0 Å². The van der Waals surface area contributed by atoms with Crippen molar-refractivity contribution in [3.8, 4) is 0 Å². The quantitative estimate of drug-likeness (QED) is 0.651. The minimum atomic E-state index is -0.681. The van der Waals surface area contributed by atoms with Crippen LogP contribution in [0.4, 0.5) is 5.69 Å². The molecule has 0 aromatic heterocycles. The topological polar surface area (TPSA) is 105 Å². The smallest absolute Gasteiger partial charge is 0.246 e. The molecule has 0 unspecified atom stereocenters. The average Bonchev–Trinajstić information content (AvgIpc) is 3.22. The molecule has 0 aliphatic carbocycles.